The Morgan fingerprint density at radius 2 is 2.21 bits per heavy atom. The summed E-state index contributed by atoms with van der Waals surface area (Å²) in [4.78, 5) is 12.1. The number of nitrogens with zero attached hydrogens (tertiary/aromatic N) is 4. The standard InChI is InChI=1S/C13H15FN4O/c1-3-4-13-15-16-17-18(13)8-12(19)10-5-6-11(14)9(2)7-10/h5-7H,3-4,8H2,1-2H3. The fourth-order valence-corrected chi connectivity index (χ4v) is 1.79. The van der Waals surface area contributed by atoms with Crippen LogP contribution in [0.4, 0.5) is 4.39 Å². The summed E-state index contributed by atoms with van der Waals surface area (Å²) in [6.45, 7) is 3.73. The maximum atomic E-state index is 13.2. The molecule has 5 nitrogen and oxygen atoms in total. The SMILES string of the molecule is CCCc1nnnn1CC(=O)c1ccc(F)c(C)c1. The molecule has 0 aliphatic carbocycles. The summed E-state index contributed by atoms with van der Waals surface area (Å²) in [5, 5.41) is 11.2. The van der Waals surface area contributed by atoms with Gasteiger partial charge in [0.15, 0.2) is 11.6 Å². The zero-order valence-electron chi connectivity index (χ0n) is 10.9. The van der Waals surface area contributed by atoms with Gasteiger partial charge in [-0.05, 0) is 47.5 Å². The van der Waals surface area contributed by atoms with E-state index >= 15 is 0 Å². The predicted octanol–water partition coefficient (Wildman–Crippen LogP) is 1.96. The molecule has 1 heterocycles. The van der Waals surface area contributed by atoms with Crippen LogP contribution in [0, 0.1) is 12.7 Å². The Kier molecular flexibility index (Phi) is 3.99. The fraction of sp³-hybridized carbons (Fsp3) is 0.385. The summed E-state index contributed by atoms with van der Waals surface area (Å²) in [5.74, 6) is 0.244. The van der Waals surface area contributed by atoms with Gasteiger partial charge in [-0.2, -0.15) is 0 Å². The molecule has 0 amide bonds. The normalized spacial score (nSPS) is 10.7. The van der Waals surface area contributed by atoms with E-state index in [-0.39, 0.29) is 18.1 Å². The summed E-state index contributed by atoms with van der Waals surface area (Å²) in [6.07, 6.45) is 1.63. The highest BCUT2D eigenvalue weighted by Crippen LogP contribution is 2.11. The number of hydrogen-bond acceptors (Lipinski definition) is 4. The topological polar surface area (TPSA) is 60.7 Å². The maximum absolute atomic E-state index is 13.2. The van der Waals surface area contributed by atoms with Gasteiger partial charge in [-0.1, -0.05) is 6.92 Å². The molecular formula is C13H15FN4O. The first-order valence-corrected chi connectivity index (χ1v) is 6.16. The maximum Gasteiger partial charge on any atom is 0.184 e. The van der Waals surface area contributed by atoms with Gasteiger partial charge in [0.1, 0.15) is 12.4 Å². The number of rotatable bonds is 5. The number of halogens is 1. The lowest BCUT2D eigenvalue weighted by molar-refractivity contribution is 0.0965. The fourth-order valence-electron chi connectivity index (χ4n) is 1.79. The first kappa shape index (κ1) is 13.3. The number of Topliss-reactive ketones (excluding diaryl/α,β-unsaturated/α-hetero) is 1. The van der Waals surface area contributed by atoms with Crippen molar-refractivity contribution in [2.75, 3.05) is 0 Å². The Hall–Kier alpha value is -2.11. The second-order valence-electron chi connectivity index (χ2n) is 4.39. The van der Waals surface area contributed by atoms with Crippen LogP contribution in [0.3, 0.4) is 0 Å². The molecule has 0 saturated heterocycles. The molecular weight excluding hydrogens is 247 g/mol. The molecule has 1 aromatic carbocycles. The van der Waals surface area contributed by atoms with Crippen LogP contribution in [0.2, 0.25) is 0 Å². The summed E-state index contributed by atoms with van der Waals surface area (Å²) in [5.41, 5.74) is 0.924. The second kappa shape index (κ2) is 5.69. The molecule has 0 bridgehead atoms. The van der Waals surface area contributed by atoms with E-state index in [1.54, 1.807) is 13.0 Å². The molecule has 100 valence electrons. The molecule has 1 aromatic heterocycles. The van der Waals surface area contributed by atoms with Crippen LogP contribution in [0.5, 0.6) is 0 Å². The third-order valence-electron chi connectivity index (χ3n) is 2.85. The van der Waals surface area contributed by atoms with Crippen molar-refractivity contribution in [3.8, 4) is 0 Å². The number of carbonyl (C=O) groups is 1. The Labute approximate surface area is 110 Å². The number of hydrogen-bond donors (Lipinski definition) is 0. The molecule has 0 spiro atoms. The van der Waals surface area contributed by atoms with Gasteiger partial charge >= 0.3 is 0 Å². The third-order valence-corrected chi connectivity index (χ3v) is 2.85. The Bertz CT molecular complexity index is 594. The van der Waals surface area contributed by atoms with Crippen LogP contribution < -0.4 is 0 Å². The molecule has 0 atom stereocenters. The van der Waals surface area contributed by atoms with Crippen LogP contribution >= 0.6 is 0 Å². The second-order valence-corrected chi connectivity index (χ2v) is 4.39. The average Bonchev–Trinajstić information content (AvgIpc) is 2.80. The third kappa shape index (κ3) is 3.01. The Morgan fingerprint density at radius 3 is 2.89 bits per heavy atom. The van der Waals surface area contributed by atoms with E-state index in [0.29, 0.717) is 17.0 Å². The van der Waals surface area contributed by atoms with Gasteiger partial charge < -0.3 is 0 Å². The van der Waals surface area contributed by atoms with E-state index in [9.17, 15) is 9.18 Å². The van der Waals surface area contributed by atoms with E-state index in [0.717, 1.165) is 12.8 Å². The molecule has 0 N–H and O–H groups in total. The van der Waals surface area contributed by atoms with Crippen molar-refractivity contribution in [1.82, 2.24) is 20.2 Å². The molecule has 0 unspecified atom stereocenters. The highest BCUT2D eigenvalue weighted by molar-refractivity contribution is 5.96. The molecule has 0 aliphatic rings. The smallest absolute Gasteiger partial charge is 0.184 e. The highest BCUT2D eigenvalue weighted by Gasteiger charge is 2.12. The first-order chi connectivity index (χ1) is 9.11. The van der Waals surface area contributed by atoms with Gasteiger partial charge in [0, 0.05) is 12.0 Å². The zero-order chi connectivity index (χ0) is 13.8. The molecule has 0 aliphatic heterocycles. The van der Waals surface area contributed by atoms with Gasteiger partial charge in [0.2, 0.25) is 0 Å². The largest absolute Gasteiger partial charge is 0.292 e. The van der Waals surface area contributed by atoms with Gasteiger partial charge in [-0.15, -0.1) is 5.10 Å². The monoisotopic (exact) mass is 262 g/mol. The highest BCUT2D eigenvalue weighted by atomic mass is 19.1. The Balaban J connectivity index is 2.16. The molecule has 6 heteroatoms. The Morgan fingerprint density at radius 1 is 1.42 bits per heavy atom. The summed E-state index contributed by atoms with van der Waals surface area (Å²) >= 11 is 0. The molecule has 2 rings (SSSR count). The van der Waals surface area contributed by atoms with Crippen molar-refractivity contribution in [1.29, 1.82) is 0 Å². The van der Waals surface area contributed by atoms with Gasteiger partial charge in [-0.25, -0.2) is 9.07 Å². The average molecular weight is 262 g/mol. The van der Waals surface area contributed by atoms with Crippen LogP contribution in [0.25, 0.3) is 0 Å². The van der Waals surface area contributed by atoms with E-state index in [1.807, 2.05) is 6.92 Å². The quantitative estimate of drug-likeness (QED) is 0.773. The number of aromatic nitrogens is 4. The van der Waals surface area contributed by atoms with Crippen molar-refractivity contribution in [3.63, 3.8) is 0 Å². The minimum Gasteiger partial charge on any atom is -0.292 e. The lowest BCUT2D eigenvalue weighted by Crippen LogP contribution is -2.15. The minimum atomic E-state index is -0.314. The van der Waals surface area contributed by atoms with Crippen molar-refractivity contribution >= 4 is 5.78 Å². The molecule has 0 radical (unpaired) electrons. The van der Waals surface area contributed by atoms with E-state index in [4.69, 9.17) is 0 Å². The summed E-state index contributed by atoms with van der Waals surface area (Å²) in [6, 6.07) is 4.32. The predicted molar refractivity (Wildman–Crippen MR) is 67.3 cm³/mol. The van der Waals surface area contributed by atoms with Crippen LogP contribution in [0.15, 0.2) is 18.2 Å². The van der Waals surface area contributed by atoms with E-state index in [1.165, 1.54) is 16.8 Å². The van der Waals surface area contributed by atoms with Crippen molar-refractivity contribution in [2.24, 2.45) is 0 Å². The lowest BCUT2D eigenvalue weighted by Gasteiger charge is -2.04. The van der Waals surface area contributed by atoms with Gasteiger partial charge in [-0.3, -0.25) is 4.79 Å². The van der Waals surface area contributed by atoms with Crippen LogP contribution in [-0.2, 0) is 13.0 Å². The number of benzene rings is 1. The number of ketones is 1. The first-order valence-electron chi connectivity index (χ1n) is 6.16. The molecule has 19 heavy (non-hydrogen) atoms. The number of carbonyl (C=O) groups excluding carboxylic acids is 1. The molecule has 2 aromatic rings. The summed E-state index contributed by atoms with van der Waals surface area (Å²) < 4.78 is 14.6. The molecule has 0 saturated carbocycles. The van der Waals surface area contributed by atoms with E-state index < -0.39 is 0 Å². The van der Waals surface area contributed by atoms with Gasteiger partial charge in [0.05, 0.1) is 0 Å². The van der Waals surface area contributed by atoms with Crippen molar-refractivity contribution < 1.29 is 9.18 Å². The minimum absolute atomic E-state index is 0.0768. The lowest BCUT2D eigenvalue weighted by atomic mass is 10.1. The molecule has 0 fully saturated rings. The number of aryl methyl sites for hydroxylation is 2. The van der Waals surface area contributed by atoms with Crippen LogP contribution in [0.1, 0.15) is 35.1 Å². The van der Waals surface area contributed by atoms with Crippen LogP contribution in [-0.4, -0.2) is 26.0 Å². The van der Waals surface area contributed by atoms with Crippen molar-refractivity contribution in [2.45, 2.75) is 33.2 Å². The van der Waals surface area contributed by atoms with E-state index in [2.05, 4.69) is 15.5 Å². The zero-order valence-corrected chi connectivity index (χ0v) is 10.9. The van der Waals surface area contributed by atoms with Crippen molar-refractivity contribution in [3.05, 3.63) is 41.0 Å². The van der Waals surface area contributed by atoms with Gasteiger partial charge in [0.25, 0.3) is 0 Å². The summed E-state index contributed by atoms with van der Waals surface area (Å²) in [7, 11) is 0. The number of tetrazole rings is 1.